The Kier molecular flexibility index (Phi) is 4.63. The fourth-order valence-corrected chi connectivity index (χ4v) is 3.25. The van der Waals surface area contributed by atoms with Gasteiger partial charge in [0.1, 0.15) is 0 Å². The van der Waals surface area contributed by atoms with Crippen molar-refractivity contribution in [3.8, 4) is 0 Å². The third-order valence-corrected chi connectivity index (χ3v) is 4.00. The molecule has 0 amide bonds. The van der Waals surface area contributed by atoms with Crippen molar-refractivity contribution in [2.24, 2.45) is 0 Å². The number of nitrogens with one attached hydrogen (secondary N) is 2. The molecular weight excluding hydrogens is 264 g/mol. The van der Waals surface area contributed by atoms with Gasteiger partial charge in [-0.05, 0) is 25.3 Å². The van der Waals surface area contributed by atoms with Gasteiger partial charge in [-0.2, -0.15) is 17.9 Å². The number of aliphatic carboxylic acids is 1. The van der Waals surface area contributed by atoms with Crippen LogP contribution in [0.5, 0.6) is 0 Å². The van der Waals surface area contributed by atoms with Crippen LogP contribution in [0, 0.1) is 0 Å². The Morgan fingerprint density at radius 3 is 2.47 bits per heavy atom. The van der Waals surface area contributed by atoms with Gasteiger partial charge in [-0.15, -0.1) is 11.3 Å². The van der Waals surface area contributed by atoms with E-state index in [1.165, 1.54) is 11.3 Å². The van der Waals surface area contributed by atoms with E-state index in [0.717, 1.165) is 0 Å². The molecule has 1 atom stereocenters. The summed E-state index contributed by atoms with van der Waals surface area (Å²) in [6.07, 6.45) is 0. The van der Waals surface area contributed by atoms with Crippen LogP contribution in [-0.2, 0) is 15.0 Å². The summed E-state index contributed by atoms with van der Waals surface area (Å²) in [5, 5.41) is 10.7. The molecule has 1 aromatic rings. The normalized spacial score (nSPS) is 13.8. The quantitative estimate of drug-likeness (QED) is 0.714. The maximum Gasteiger partial charge on any atom is 0.327 e. The summed E-state index contributed by atoms with van der Waals surface area (Å²) in [4.78, 5) is 11.5. The predicted molar refractivity (Wildman–Crippen MR) is 65.0 cm³/mol. The summed E-state index contributed by atoms with van der Waals surface area (Å²) in [6.45, 7) is 3.31. The standard InChI is InChI=1S/C9H14N2O4S2/c1-6(2)10-17(14,15)11-8(9(12)13)7-4-3-5-16-7/h3-6,8,10-11H,1-2H3,(H,12,13). The highest BCUT2D eigenvalue weighted by Gasteiger charge is 2.26. The van der Waals surface area contributed by atoms with Crippen LogP contribution in [0.15, 0.2) is 17.5 Å². The van der Waals surface area contributed by atoms with Crippen LogP contribution in [0.3, 0.4) is 0 Å². The molecule has 0 aliphatic rings. The van der Waals surface area contributed by atoms with Crippen LogP contribution in [0.1, 0.15) is 24.8 Å². The van der Waals surface area contributed by atoms with E-state index in [9.17, 15) is 13.2 Å². The Labute approximate surface area is 104 Å². The Hall–Kier alpha value is -0.960. The van der Waals surface area contributed by atoms with Gasteiger partial charge in [0.05, 0.1) is 0 Å². The second-order valence-electron chi connectivity index (χ2n) is 3.68. The summed E-state index contributed by atoms with van der Waals surface area (Å²) in [6, 6.07) is 1.68. The van der Waals surface area contributed by atoms with Crippen LogP contribution in [0.25, 0.3) is 0 Å². The van der Waals surface area contributed by atoms with E-state index < -0.39 is 22.2 Å². The van der Waals surface area contributed by atoms with E-state index in [-0.39, 0.29) is 6.04 Å². The van der Waals surface area contributed by atoms with Gasteiger partial charge < -0.3 is 5.11 Å². The molecule has 1 heterocycles. The molecule has 96 valence electrons. The predicted octanol–water partition coefficient (Wildman–Crippen LogP) is 0.706. The lowest BCUT2D eigenvalue weighted by atomic mass is 10.3. The molecule has 0 aromatic carbocycles. The third-order valence-electron chi connectivity index (χ3n) is 1.74. The fraction of sp³-hybridized carbons (Fsp3) is 0.444. The molecule has 8 heteroatoms. The van der Waals surface area contributed by atoms with Crippen molar-refractivity contribution in [1.29, 1.82) is 0 Å². The summed E-state index contributed by atoms with van der Waals surface area (Å²) in [5.74, 6) is -1.23. The van der Waals surface area contributed by atoms with Crippen LogP contribution in [0.4, 0.5) is 0 Å². The number of hydrogen-bond acceptors (Lipinski definition) is 4. The van der Waals surface area contributed by atoms with Crippen LogP contribution < -0.4 is 9.44 Å². The van der Waals surface area contributed by atoms with Crippen molar-refractivity contribution >= 4 is 27.5 Å². The monoisotopic (exact) mass is 278 g/mol. The minimum atomic E-state index is -3.83. The van der Waals surface area contributed by atoms with E-state index in [4.69, 9.17) is 5.11 Å². The van der Waals surface area contributed by atoms with E-state index in [0.29, 0.717) is 4.88 Å². The lowest BCUT2D eigenvalue weighted by Gasteiger charge is -2.15. The first-order chi connectivity index (χ1) is 7.82. The molecule has 1 unspecified atom stereocenters. The minimum absolute atomic E-state index is 0.301. The summed E-state index contributed by atoms with van der Waals surface area (Å²) < 4.78 is 27.5. The largest absolute Gasteiger partial charge is 0.480 e. The molecule has 0 fully saturated rings. The lowest BCUT2D eigenvalue weighted by Crippen LogP contribution is -2.43. The molecule has 0 saturated heterocycles. The smallest absolute Gasteiger partial charge is 0.327 e. The first kappa shape index (κ1) is 14.1. The summed E-state index contributed by atoms with van der Waals surface area (Å²) in [5.41, 5.74) is 0. The minimum Gasteiger partial charge on any atom is -0.480 e. The highest BCUT2D eigenvalue weighted by atomic mass is 32.2. The maximum absolute atomic E-state index is 11.6. The number of thiophene rings is 1. The Morgan fingerprint density at radius 2 is 2.06 bits per heavy atom. The van der Waals surface area contributed by atoms with Gasteiger partial charge >= 0.3 is 5.97 Å². The average Bonchev–Trinajstić information content (AvgIpc) is 2.64. The molecule has 1 aromatic heterocycles. The van der Waals surface area contributed by atoms with E-state index in [1.807, 2.05) is 0 Å². The second-order valence-corrected chi connectivity index (χ2v) is 6.14. The third kappa shape index (κ3) is 4.43. The molecule has 3 N–H and O–H groups in total. The molecule has 0 aliphatic heterocycles. The molecule has 17 heavy (non-hydrogen) atoms. The molecular formula is C9H14N2O4S2. The van der Waals surface area contributed by atoms with Gasteiger partial charge in [0.25, 0.3) is 10.2 Å². The zero-order valence-corrected chi connectivity index (χ0v) is 11.0. The van der Waals surface area contributed by atoms with Gasteiger partial charge in [-0.1, -0.05) is 6.07 Å². The van der Waals surface area contributed by atoms with Gasteiger partial charge in [0, 0.05) is 10.9 Å². The van der Waals surface area contributed by atoms with Gasteiger partial charge in [0.15, 0.2) is 6.04 Å². The van der Waals surface area contributed by atoms with E-state index in [2.05, 4.69) is 9.44 Å². The lowest BCUT2D eigenvalue weighted by molar-refractivity contribution is -0.139. The Morgan fingerprint density at radius 1 is 1.41 bits per heavy atom. The topological polar surface area (TPSA) is 95.5 Å². The first-order valence-corrected chi connectivity index (χ1v) is 7.24. The van der Waals surface area contributed by atoms with Crippen molar-refractivity contribution in [2.45, 2.75) is 25.9 Å². The molecule has 1 rings (SSSR count). The van der Waals surface area contributed by atoms with Crippen molar-refractivity contribution in [3.05, 3.63) is 22.4 Å². The molecule has 0 aliphatic carbocycles. The summed E-state index contributed by atoms with van der Waals surface area (Å²) >= 11 is 1.18. The zero-order valence-electron chi connectivity index (χ0n) is 9.38. The fourth-order valence-electron chi connectivity index (χ4n) is 1.19. The van der Waals surface area contributed by atoms with Gasteiger partial charge in [-0.25, -0.2) is 0 Å². The van der Waals surface area contributed by atoms with E-state index in [1.54, 1.807) is 31.4 Å². The number of carboxylic acid groups (broad SMARTS) is 1. The van der Waals surface area contributed by atoms with Crippen molar-refractivity contribution in [2.75, 3.05) is 0 Å². The molecule has 0 bridgehead atoms. The zero-order chi connectivity index (χ0) is 13.1. The number of carbonyl (C=O) groups is 1. The maximum atomic E-state index is 11.6. The van der Waals surface area contributed by atoms with Gasteiger partial charge in [-0.3, -0.25) is 4.79 Å². The number of carboxylic acids is 1. The van der Waals surface area contributed by atoms with Crippen LogP contribution in [-0.4, -0.2) is 25.5 Å². The molecule has 0 saturated carbocycles. The van der Waals surface area contributed by atoms with Crippen molar-refractivity contribution < 1.29 is 18.3 Å². The molecule has 0 spiro atoms. The average molecular weight is 278 g/mol. The highest BCUT2D eigenvalue weighted by Crippen LogP contribution is 2.19. The Bertz CT molecular complexity index is 467. The van der Waals surface area contributed by atoms with Crippen molar-refractivity contribution in [1.82, 2.24) is 9.44 Å². The Balaban J connectivity index is 2.86. The van der Waals surface area contributed by atoms with Crippen LogP contribution >= 0.6 is 11.3 Å². The molecule has 0 radical (unpaired) electrons. The van der Waals surface area contributed by atoms with Crippen molar-refractivity contribution in [3.63, 3.8) is 0 Å². The van der Waals surface area contributed by atoms with Gasteiger partial charge in [0.2, 0.25) is 0 Å². The van der Waals surface area contributed by atoms with Crippen LogP contribution in [0.2, 0.25) is 0 Å². The molecule has 6 nitrogen and oxygen atoms in total. The first-order valence-electron chi connectivity index (χ1n) is 4.87. The van der Waals surface area contributed by atoms with E-state index >= 15 is 0 Å². The summed E-state index contributed by atoms with van der Waals surface area (Å²) in [7, 11) is -3.83. The number of hydrogen-bond donors (Lipinski definition) is 3. The second kappa shape index (κ2) is 5.58. The SMILES string of the molecule is CC(C)NS(=O)(=O)NC(C(=O)O)c1cccs1. The number of rotatable bonds is 6. The highest BCUT2D eigenvalue weighted by molar-refractivity contribution is 7.87.